The molecule has 3 aromatic rings. The van der Waals surface area contributed by atoms with E-state index in [2.05, 4.69) is 9.88 Å². The van der Waals surface area contributed by atoms with Crippen molar-refractivity contribution in [2.75, 3.05) is 24.6 Å². The van der Waals surface area contributed by atoms with Crippen LogP contribution in [0.2, 0.25) is 0 Å². The van der Waals surface area contributed by atoms with Crippen LogP contribution in [-0.4, -0.2) is 35.7 Å². The lowest BCUT2D eigenvalue weighted by molar-refractivity contribution is -0.384. The van der Waals surface area contributed by atoms with Crippen molar-refractivity contribution in [2.45, 2.75) is 25.9 Å². The van der Waals surface area contributed by atoms with Crippen molar-refractivity contribution in [3.8, 4) is 11.5 Å². The molecule has 0 N–H and O–H groups in total. The highest BCUT2D eigenvalue weighted by atomic mass is 32.1. The van der Waals surface area contributed by atoms with Gasteiger partial charge in [0, 0.05) is 38.1 Å². The van der Waals surface area contributed by atoms with Crippen molar-refractivity contribution >= 4 is 32.4 Å². The maximum absolute atomic E-state index is 11.0. The number of hydrogen-bond donors (Lipinski definition) is 0. The number of ether oxygens (including phenoxy) is 2. The zero-order valence-corrected chi connectivity index (χ0v) is 16.4. The lowest BCUT2D eigenvalue weighted by Crippen LogP contribution is -2.38. The van der Waals surface area contributed by atoms with Crippen molar-refractivity contribution < 1.29 is 14.4 Å². The van der Waals surface area contributed by atoms with E-state index in [-0.39, 0.29) is 16.7 Å². The molecule has 4 rings (SSSR count). The molecule has 0 unspecified atom stereocenters. The van der Waals surface area contributed by atoms with Crippen LogP contribution in [0.4, 0.5) is 10.8 Å². The molecule has 1 saturated heterocycles. The fraction of sp³-hybridized carbons (Fsp3) is 0.350. The molecule has 1 aliphatic rings. The minimum absolute atomic E-state index is 0.0998. The van der Waals surface area contributed by atoms with Gasteiger partial charge in [0.1, 0.15) is 6.10 Å². The van der Waals surface area contributed by atoms with E-state index in [9.17, 15) is 10.1 Å². The number of anilines is 1. The van der Waals surface area contributed by atoms with Crippen LogP contribution in [0.3, 0.4) is 0 Å². The molecule has 8 heteroatoms. The van der Waals surface area contributed by atoms with Gasteiger partial charge in [-0.3, -0.25) is 10.1 Å². The van der Waals surface area contributed by atoms with Gasteiger partial charge in [0.2, 0.25) is 0 Å². The summed E-state index contributed by atoms with van der Waals surface area (Å²) >= 11 is 1.50. The highest BCUT2D eigenvalue weighted by Gasteiger charge is 2.24. The molecular weight excluding hydrogens is 378 g/mol. The number of non-ortho nitro benzene ring substituents is 1. The molecule has 0 bridgehead atoms. The number of fused-ring (bicyclic) bond motifs is 1. The predicted octanol–water partition coefficient (Wildman–Crippen LogP) is 4.65. The summed E-state index contributed by atoms with van der Waals surface area (Å²) in [6.45, 7) is 4.24. The zero-order valence-electron chi connectivity index (χ0n) is 15.5. The van der Waals surface area contributed by atoms with Gasteiger partial charge < -0.3 is 14.4 Å². The number of rotatable bonds is 6. The van der Waals surface area contributed by atoms with Gasteiger partial charge >= 0.3 is 0 Å². The Hall–Kier alpha value is -2.87. The van der Waals surface area contributed by atoms with Gasteiger partial charge in [-0.1, -0.05) is 23.5 Å². The Balaban J connectivity index is 1.41. The number of nitro benzene ring substituents is 1. The number of aromatic nitrogens is 1. The van der Waals surface area contributed by atoms with E-state index in [0.717, 1.165) is 52.8 Å². The molecule has 2 aromatic carbocycles. The maximum Gasteiger partial charge on any atom is 0.270 e. The highest BCUT2D eigenvalue weighted by molar-refractivity contribution is 7.22. The number of piperidine rings is 1. The molecule has 0 atom stereocenters. The third kappa shape index (κ3) is 3.87. The number of para-hydroxylation sites is 2. The molecule has 0 aliphatic carbocycles. The summed E-state index contributed by atoms with van der Waals surface area (Å²) in [5.74, 6) is 1.57. The van der Waals surface area contributed by atoms with Crippen molar-refractivity contribution in [1.29, 1.82) is 0 Å². The monoisotopic (exact) mass is 399 g/mol. The summed E-state index contributed by atoms with van der Waals surface area (Å²) in [6, 6.07) is 12.6. The maximum atomic E-state index is 11.0. The van der Waals surface area contributed by atoms with Crippen LogP contribution in [0.5, 0.6) is 11.5 Å². The minimum atomic E-state index is -0.373. The predicted molar refractivity (Wildman–Crippen MR) is 110 cm³/mol. The molecule has 0 radical (unpaired) electrons. The lowest BCUT2D eigenvalue weighted by atomic mass is 10.1. The molecule has 0 saturated carbocycles. The van der Waals surface area contributed by atoms with E-state index in [1.54, 1.807) is 12.1 Å². The van der Waals surface area contributed by atoms with E-state index < -0.39 is 0 Å². The number of hydrogen-bond acceptors (Lipinski definition) is 7. The fourth-order valence-corrected chi connectivity index (χ4v) is 4.37. The molecule has 2 heterocycles. The van der Waals surface area contributed by atoms with Crippen LogP contribution < -0.4 is 14.4 Å². The summed E-state index contributed by atoms with van der Waals surface area (Å²) in [5, 5.41) is 11.9. The summed E-state index contributed by atoms with van der Waals surface area (Å²) in [5.41, 5.74) is 0.900. The first kappa shape index (κ1) is 18.5. The van der Waals surface area contributed by atoms with E-state index in [4.69, 9.17) is 9.47 Å². The average molecular weight is 399 g/mol. The largest absolute Gasteiger partial charge is 0.490 e. The minimum Gasteiger partial charge on any atom is -0.490 e. The standard InChI is InChI=1S/C20H21N3O4S/c1-2-26-17-5-3-4-6-18(17)27-15-9-11-22(12-10-15)20-21-16-8-7-14(23(24)25)13-19(16)28-20/h3-8,13,15H,2,9-12H2,1H3. The molecular formula is C20H21N3O4S. The summed E-state index contributed by atoms with van der Waals surface area (Å²) in [6.07, 6.45) is 1.90. The average Bonchev–Trinajstić information content (AvgIpc) is 3.13. The molecule has 0 spiro atoms. The van der Waals surface area contributed by atoms with E-state index >= 15 is 0 Å². The third-order valence-corrected chi connectivity index (χ3v) is 5.81. The van der Waals surface area contributed by atoms with E-state index in [1.807, 2.05) is 31.2 Å². The smallest absolute Gasteiger partial charge is 0.270 e. The van der Waals surface area contributed by atoms with Gasteiger partial charge in [0.15, 0.2) is 16.6 Å². The molecule has 1 aliphatic heterocycles. The molecule has 146 valence electrons. The van der Waals surface area contributed by atoms with Gasteiger partial charge in [-0.25, -0.2) is 4.98 Å². The summed E-state index contributed by atoms with van der Waals surface area (Å²) in [4.78, 5) is 17.5. The van der Waals surface area contributed by atoms with Gasteiger partial charge in [0.25, 0.3) is 5.69 Å². The third-order valence-electron chi connectivity index (χ3n) is 4.73. The van der Waals surface area contributed by atoms with Crippen LogP contribution in [0, 0.1) is 10.1 Å². The Kier molecular flexibility index (Phi) is 5.29. The van der Waals surface area contributed by atoms with Gasteiger partial charge in [0.05, 0.1) is 21.7 Å². The lowest BCUT2D eigenvalue weighted by Gasteiger charge is -2.32. The van der Waals surface area contributed by atoms with Gasteiger partial charge in [-0.2, -0.15) is 0 Å². The van der Waals surface area contributed by atoms with Crippen molar-refractivity contribution in [3.05, 3.63) is 52.6 Å². The first-order valence-electron chi connectivity index (χ1n) is 9.32. The SMILES string of the molecule is CCOc1ccccc1OC1CCN(c2nc3ccc([N+](=O)[O-])cc3s2)CC1. The van der Waals surface area contributed by atoms with E-state index in [1.165, 1.54) is 17.4 Å². The topological polar surface area (TPSA) is 77.7 Å². The second-order valence-corrected chi connectivity index (χ2v) is 7.60. The zero-order chi connectivity index (χ0) is 19.5. The molecule has 1 aromatic heterocycles. The summed E-state index contributed by atoms with van der Waals surface area (Å²) < 4.78 is 12.7. The van der Waals surface area contributed by atoms with Gasteiger partial charge in [-0.05, 0) is 25.1 Å². The number of nitrogens with zero attached hydrogens (tertiary/aromatic N) is 3. The number of thiazole rings is 1. The van der Waals surface area contributed by atoms with Crippen LogP contribution >= 0.6 is 11.3 Å². The second kappa shape index (κ2) is 8.02. The van der Waals surface area contributed by atoms with Crippen LogP contribution in [0.25, 0.3) is 10.2 Å². The number of benzene rings is 2. The Morgan fingerprint density at radius 3 is 2.68 bits per heavy atom. The first-order valence-corrected chi connectivity index (χ1v) is 10.1. The van der Waals surface area contributed by atoms with Crippen molar-refractivity contribution in [2.24, 2.45) is 0 Å². The molecule has 7 nitrogen and oxygen atoms in total. The summed E-state index contributed by atoms with van der Waals surface area (Å²) in [7, 11) is 0. The van der Waals surface area contributed by atoms with E-state index in [0.29, 0.717) is 6.61 Å². The highest BCUT2D eigenvalue weighted by Crippen LogP contribution is 2.34. The van der Waals surface area contributed by atoms with Crippen molar-refractivity contribution in [3.63, 3.8) is 0 Å². The van der Waals surface area contributed by atoms with Crippen LogP contribution in [-0.2, 0) is 0 Å². The second-order valence-electron chi connectivity index (χ2n) is 6.59. The quantitative estimate of drug-likeness (QED) is 0.443. The fourth-order valence-electron chi connectivity index (χ4n) is 3.32. The number of nitro groups is 1. The molecule has 1 fully saturated rings. The van der Waals surface area contributed by atoms with Gasteiger partial charge in [-0.15, -0.1) is 0 Å². The Morgan fingerprint density at radius 2 is 1.96 bits per heavy atom. The Labute approximate surface area is 166 Å². The Bertz CT molecular complexity index is 982. The Morgan fingerprint density at radius 1 is 1.21 bits per heavy atom. The normalized spacial score (nSPS) is 15.0. The first-order chi connectivity index (χ1) is 13.6. The van der Waals surface area contributed by atoms with Crippen molar-refractivity contribution in [1.82, 2.24) is 4.98 Å². The van der Waals surface area contributed by atoms with Crippen LogP contribution in [0.1, 0.15) is 19.8 Å². The molecule has 28 heavy (non-hydrogen) atoms. The van der Waals surface area contributed by atoms with Crippen LogP contribution in [0.15, 0.2) is 42.5 Å². The molecule has 0 amide bonds.